The molecule has 9 aromatic rings. The zero-order valence-corrected chi connectivity index (χ0v) is 32.6. The Kier molecular flexibility index (Phi) is 8.46. The maximum absolute atomic E-state index is 2.52. The average molecular weight is 730 g/mol. The fourth-order valence-electron chi connectivity index (χ4n) is 9.43. The molecule has 0 aromatic heterocycles. The third-order valence-electron chi connectivity index (χ3n) is 12.2. The molecule has 272 valence electrons. The maximum atomic E-state index is 2.52. The van der Waals surface area contributed by atoms with E-state index in [1.54, 1.807) is 0 Å². The van der Waals surface area contributed by atoms with Gasteiger partial charge in [-0.15, -0.1) is 0 Å². The van der Waals surface area contributed by atoms with Crippen molar-refractivity contribution in [3.05, 3.63) is 234 Å². The molecule has 0 amide bonds. The lowest BCUT2D eigenvalue weighted by Gasteiger charge is -2.32. The Morgan fingerprint density at radius 1 is 0.404 bits per heavy atom. The minimum atomic E-state index is -0.301. The summed E-state index contributed by atoms with van der Waals surface area (Å²) in [6.45, 7) is 6.94. The van der Waals surface area contributed by atoms with Gasteiger partial charge in [0.1, 0.15) is 0 Å². The summed E-state index contributed by atoms with van der Waals surface area (Å²) in [5, 5.41) is 2.52. The zero-order valence-electron chi connectivity index (χ0n) is 32.6. The Balaban J connectivity index is 1.17. The number of hydrogen-bond acceptors (Lipinski definition) is 1. The molecule has 57 heavy (non-hydrogen) atoms. The Bertz CT molecular complexity index is 2900. The first-order chi connectivity index (χ1) is 28.0. The summed E-state index contributed by atoms with van der Waals surface area (Å²) in [7, 11) is 0. The van der Waals surface area contributed by atoms with Gasteiger partial charge in [-0.3, -0.25) is 0 Å². The molecule has 0 N–H and O–H groups in total. The molecule has 1 heteroatoms. The summed E-state index contributed by atoms with van der Waals surface area (Å²) in [6, 6.07) is 75.7. The van der Waals surface area contributed by atoms with Gasteiger partial charge in [-0.25, -0.2) is 0 Å². The molecule has 0 aliphatic heterocycles. The highest BCUT2D eigenvalue weighted by Crippen LogP contribution is 2.57. The molecular weight excluding hydrogens is 687 g/mol. The van der Waals surface area contributed by atoms with E-state index >= 15 is 0 Å². The van der Waals surface area contributed by atoms with Gasteiger partial charge >= 0.3 is 0 Å². The summed E-state index contributed by atoms with van der Waals surface area (Å²) in [5.74, 6) is 0. The molecule has 0 radical (unpaired) electrons. The van der Waals surface area contributed by atoms with E-state index in [0.29, 0.717) is 0 Å². The molecule has 9 aromatic carbocycles. The summed E-state index contributed by atoms with van der Waals surface area (Å²) in [6.07, 6.45) is 0. The highest BCUT2D eigenvalue weighted by atomic mass is 15.1. The molecule has 0 saturated heterocycles. The van der Waals surface area contributed by atoms with Gasteiger partial charge in [0.25, 0.3) is 0 Å². The van der Waals surface area contributed by atoms with Crippen molar-refractivity contribution in [2.75, 3.05) is 4.90 Å². The van der Waals surface area contributed by atoms with Crippen molar-refractivity contribution >= 4 is 27.8 Å². The second-order valence-corrected chi connectivity index (χ2v) is 15.6. The Morgan fingerprint density at radius 3 is 1.74 bits per heavy atom. The quantitative estimate of drug-likeness (QED) is 0.158. The van der Waals surface area contributed by atoms with Crippen LogP contribution < -0.4 is 4.90 Å². The largest absolute Gasteiger partial charge is 0.309 e. The van der Waals surface area contributed by atoms with Crippen LogP contribution in [0.1, 0.15) is 34.7 Å². The Morgan fingerprint density at radius 2 is 0.965 bits per heavy atom. The summed E-state index contributed by atoms with van der Waals surface area (Å²) < 4.78 is 0. The highest BCUT2D eigenvalue weighted by molar-refractivity contribution is 5.99. The molecule has 1 nitrogen and oxygen atoms in total. The van der Waals surface area contributed by atoms with E-state index in [1.807, 2.05) is 0 Å². The van der Waals surface area contributed by atoms with Crippen LogP contribution in [0.15, 0.2) is 206 Å². The van der Waals surface area contributed by atoms with Crippen LogP contribution in [0, 0.1) is 13.8 Å². The summed E-state index contributed by atoms with van der Waals surface area (Å²) >= 11 is 0. The molecule has 1 atom stereocenters. The number of rotatable bonds is 7. The molecule has 0 fully saturated rings. The van der Waals surface area contributed by atoms with Crippen molar-refractivity contribution < 1.29 is 0 Å². The molecule has 1 unspecified atom stereocenters. The SMILES string of the molecule is Cc1cc(-c2cccc(-c3ccccc3)c2)cc(C)c1N(c1ccc(-c2cccc3ccccc23)cc1)c1cccc2c1-c1ccccc1C2(C)c1ccccc1. The fraction of sp³-hybridized carbons (Fsp3) is 0.0714. The van der Waals surface area contributed by atoms with Gasteiger partial charge in [-0.05, 0) is 135 Å². The van der Waals surface area contributed by atoms with Crippen molar-refractivity contribution in [1.82, 2.24) is 0 Å². The molecule has 0 saturated carbocycles. The van der Waals surface area contributed by atoms with Crippen LogP contribution in [0.3, 0.4) is 0 Å². The lowest BCUT2D eigenvalue weighted by Crippen LogP contribution is -2.22. The number of benzene rings is 9. The number of anilines is 3. The average Bonchev–Trinajstić information content (AvgIpc) is 3.54. The van der Waals surface area contributed by atoms with Crippen LogP contribution in [0.2, 0.25) is 0 Å². The first-order valence-electron chi connectivity index (χ1n) is 19.9. The van der Waals surface area contributed by atoms with Gasteiger partial charge in [0.15, 0.2) is 0 Å². The molecule has 0 spiro atoms. The van der Waals surface area contributed by atoms with Gasteiger partial charge < -0.3 is 4.90 Å². The van der Waals surface area contributed by atoms with Gasteiger partial charge in [0.2, 0.25) is 0 Å². The molecule has 0 bridgehead atoms. The van der Waals surface area contributed by atoms with Crippen molar-refractivity contribution in [3.8, 4) is 44.5 Å². The Hall–Kier alpha value is -6.96. The van der Waals surface area contributed by atoms with Gasteiger partial charge in [0.05, 0.1) is 11.4 Å². The van der Waals surface area contributed by atoms with E-state index < -0.39 is 0 Å². The van der Waals surface area contributed by atoms with Crippen LogP contribution in [0.4, 0.5) is 17.1 Å². The number of hydrogen-bond donors (Lipinski definition) is 0. The van der Waals surface area contributed by atoms with E-state index in [4.69, 9.17) is 0 Å². The predicted octanol–water partition coefficient (Wildman–Crippen LogP) is 15.3. The third-order valence-corrected chi connectivity index (χ3v) is 12.2. The van der Waals surface area contributed by atoms with E-state index in [1.165, 1.54) is 94.5 Å². The van der Waals surface area contributed by atoms with Crippen LogP contribution >= 0.6 is 0 Å². The second-order valence-electron chi connectivity index (χ2n) is 15.6. The van der Waals surface area contributed by atoms with E-state index in [-0.39, 0.29) is 5.41 Å². The van der Waals surface area contributed by atoms with Gasteiger partial charge in [0, 0.05) is 16.7 Å². The standard InChI is InChI=1S/C56H43N/c1-38-35-45(44-22-14-21-43(37-44)40-17-6-4-7-18-40)36-39(2)55(38)57(47-33-31-42(32-34-47)49-27-15-20-41-19-10-11-25-48(41)49)53-30-16-29-52-54(53)50-26-12-13-28-51(50)56(52,3)46-23-8-5-9-24-46/h4-37H,1-3H3. The summed E-state index contributed by atoms with van der Waals surface area (Å²) in [5.41, 5.74) is 19.5. The first-order valence-corrected chi connectivity index (χ1v) is 19.9. The summed E-state index contributed by atoms with van der Waals surface area (Å²) in [4.78, 5) is 2.52. The van der Waals surface area contributed by atoms with Crippen LogP contribution in [0.5, 0.6) is 0 Å². The molecule has 1 aliphatic rings. The maximum Gasteiger partial charge on any atom is 0.0543 e. The smallest absolute Gasteiger partial charge is 0.0543 e. The van der Waals surface area contributed by atoms with Crippen molar-refractivity contribution in [3.63, 3.8) is 0 Å². The van der Waals surface area contributed by atoms with Crippen LogP contribution in [-0.4, -0.2) is 0 Å². The highest BCUT2D eigenvalue weighted by Gasteiger charge is 2.42. The van der Waals surface area contributed by atoms with E-state index in [0.717, 1.165) is 5.69 Å². The fourth-order valence-corrected chi connectivity index (χ4v) is 9.43. The van der Waals surface area contributed by atoms with Crippen molar-refractivity contribution in [2.45, 2.75) is 26.2 Å². The van der Waals surface area contributed by atoms with E-state index in [9.17, 15) is 0 Å². The number of fused-ring (bicyclic) bond motifs is 4. The normalized spacial score (nSPS) is 14.3. The lowest BCUT2D eigenvalue weighted by molar-refractivity contribution is 0.714. The number of aryl methyl sites for hydroxylation is 2. The molecule has 0 heterocycles. The second kappa shape index (κ2) is 14.0. The molecule has 1 aliphatic carbocycles. The van der Waals surface area contributed by atoms with Crippen LogP contribution in [-0.2, 0) is 5.41 Å². The third kappa shape index (κ3) is 5.78. The van der Waals surface area contributed by atoms with Crippen molar-refractivity contribution in [1.29, 1.82) is 0 Å². The lowest BCUT2D eigenvalue weighted by atomic mass is 9.74. The molecule has 10 rings (SSSR count). The molecular formula is C56H43N. The first kappa shape index (κ1) is 34.5. The van der Waals surface area contributed by atoms with Crippen molar-refractivity contribution in [2.24, 2.45) is 0 Å². The van der Waals surface area contributed by atoms with Crippen LogP contribution in [0.25, 0.3) is 55.3 Å². The monoisotopic (exact) mass is 729 g/mol. The minimum Gasteiger partial charge on any atom is -0.309 e. The van der Waals surface area contributed by atoms with Gasteiger partial charge in [-0.1, -0.05) is 170 Å². The van der Waals surface area contributed by atoms with E-state index in [2.05, 4.69) is 232 Å². The Labute approximate surface area is 336 Å². The zero-order chi connectivity index (χ0) is 38.5. The number of nitrogens with zero attached hydrogens (tertiary/aromatic N) is 1. The topological polar surface area (TPSA) is 3.24 Å². The minimum absolute atomic E-state index is 0.301. The van der Waals surface area contributed by atoms with Gasteiger partial charge in [-0.2, -0.15) is 0 Å². The predicted molar refractivity (Wildman–Crippen MR) is 242 cm³/mol.